The first kappa shape index (κ1) is 13.0. The van der Waals surface area contributed by atoms with E-state index in [-0.39, 0.29) is 18.2 Å². The zero-order valence-electron chi connectivity index (χ0n) is 10.2. The maximum absolute atomic E-state index is 11.7. The maximum Gasteiger partial charge on any atom is 0.320 e. The van der Waals surface area contributed by atoms with Crippen molar-refractivity contribution >= 4 is 17.8 Å². The van der Waals surface area contributed by atoms with Crippen LogP contribution >= 0.6 is 0 Å². The number of carbonyl (C=O) groups excluding carboxylic acids is 2. The third-order valence-corrected chi connectivity index (χ3v) is 3.67. The van der Waals surface area contributed by atoms with Crippen molar-refractivity contribution in [3.8, 4) is 0 Å². The van der Waals surface area contributed by atoms with Gasteiger partial charge in [0.1, 0.15) is 6.04 Å². The van der Waals surface area contributed by atoms with Crippen LogP contribution in [0.15, 0.2) is 0 Å². The summed E-state index contributed by atoms with van der Waals surface area (Å²) in [6.07, 6.45) is 4.45. The number of nitrogens with zero attached hydrogens (tertiary/aromatic N) is 1. The van der Waals surface area contributed by atoms with Gasteiger partial charge in [-0.1, -0.05) is 19.3 Å². The van der Waals surface area contributed by atoms with E-state index in [9.17, 15) is 19.5 Å². The Morgan fingerprint density at radius 1 is 1.22 bits per heavy atom. The molecule has 0 aromatic heterocycles. The van der Waals surface area contributed by atoms with Crippen molar-refractivity contribution in [2.24, 2.45) is 0 Å². The van der Waals surface area contributed by atoms with Crippen molar-refractivity contribution in [1.29, 1.82) is 0 Å². The topological polar surface area (TPSA) is 86.7 Å². The molecule has 6 nitrogen and oxygen atoms in total. The normalized spacial score (nSPS) is 30.7. The van der Waals surface area contributed by atoms with Crippen LogP contribution < -0.4 is 5.32 Å². The number of hydrogen-bond acceptors (Lipinski definition) is 4. The van der Waals surface area contributed by atoms with Crippen molar-refractivity contribution in [2.75, 3.05) is 6.54 Å². The van der Waals surface area contributed by atoms with E-state index in [0.717, 1.165) is 25.7 Å². The molecule has 0 bridgehead atoms. The first-order chi connectivity index (χ1) is 8.59. The van der Waals surface area contributed by atoms with Crippen molar-refractivity contribution in [1.82, 2.24) is 10.2 Å². The number of hydrogen-bond donors (Lipinski definition) is 2. The van der Waals surface area contributed by atoms with Crippen LogP contribution in [0.5, 0.6) is 0 Å². The van der Waals surface area contributed by atoms with Crippen molar-refractivity contribution in [3.05, 3.63) is 0 Å². The van der Waals surface area contributed by atoms with Gasteiger partial charge in [0.25, 0.3) is 0 Å². The van der Waals surface area contributed by atoms with Gasteiger partial charge < -0.3 is 5.11 Å². The molecule has 2 N–H and O–H groups in total. The molecular formula is C12H18N2O4. The first-order valence-corrected chi connectivity index (χ1v) is 6.42. The van der Waals surface area contributed by atoms with E-state index >= 15 is 0 Å². The van der Waals surface area contributed by atoms with E-state index in [1.807, 2.05) is 0 Å². The molecule has 2 saturated heterocycles. The summed E-state index contributed by atoms with van der Waals surface area (Å²) in [7, 11) is 0. The fraction of sp³-hybridized carbons (Fsp3) is 0.750. The molecule has 2 amide bonds. The van der Waals surface area contributed by atoms with Gasteiger partial charge in [-0.05, 0) is 19.4 Å². The Morgan fingerprint density at radius 3 is 2.56 bits per heavy atom. The molecule has 2 aliphatic rings. The van der Waals surface area contributed by atoms with Crippen LogP contribution in [0.4, 0.5) is 0 Å². The summed E-state index contributed by atoms with van der Waals surface area (Å²) in [5, 5.41) is 11.5. The SMILES string of the molecule is O=C1CC(N2CCCCCCC2C(=O)O)C(=O)N1. The minimum atomic E-state index is -0.899. The Hall–Kier alpha value is -1.43. The average Bonchev–Trinajstić information content (AvgIpc) is 2.57. The van der Waals surface area contributed by atoms with Crippen LogP contribution in [-0.4, -0.2) is 46.4 Å². The van der Waals surface area contributed by atoms with Crippen LogP contribution in [-0.2, 0) is 14.4 Å². The summed E-state index contributed by atoms with van der Waals surface area (Å²) in [6.45, 7) is 0.572. The monoisotopic (exact) mass is 254 g/mol. The molecule has 2 atom stereocenters. The van der Waals surface area contributed by atoms with Crippen molar-refractivity contribution in [3.63, 3.8) is 0 Å². The molecule has 0 spiro atoms. The van der Waals surface area contributed by atoms with E-state index in [1.54, 1.807) is 4.90 Å². The summed E-state index contributed by atoms with van der Waals surface area (Å²) in [6, 6.07) is -1.25. The highest BCUT2D eigenvalue weighted by Crippen LogP contribution is 2.22. The number of carboxylic acid groups (broad SMARTS) is 1. The van der Waals surface area contributed by atoms with Crippen molar-refractivity contribution in [2.45, 2.75) is 50.6 Å². The van der Waals surface area contributed by atoms with E-state index in [2.05, 4.69) is 5.32 Å². The second-order valence-corrected chi connectivity index (χ2v) is 4.93. The molecule has 100 valence electrons. The van der Waals surface area contributed by atoms with Crippen LogP contribution in [0.25, 0.3) is 0 Å². The number of aliphatic carboxylic acids is 1. The van der Waals surface area contributed by atoms with E-state index in [1.165, 1.54) is 0 Å². The first-order valence-electron chi connectivity index (χ1n) is 6.42. The van der Waals surface area contributed by atoms with E-state index < -0.39 is 18.1 Å². The number of carbonyl (C=O) groups is 3. The predicted octanol–water partition coefficient (Wildman–Crippen LogP) is 0.121. The molecule has 6 heteroatoms. The fourth-order valence-electron chi connectivity index (χ4n) is 2.75. The average molecular weight is 254 g/mol. The van der Waals surface area contributed by atoms with E-state index in [0.29, 0.717) is 13.0 Å². The third-order valence-electron chi connectivity index (χ3n) is 3.67. The third kappa shape index (κ3) is 2.69. The quantitative estimate of drug-likeness (QED) is 0.683. The van der Waals surface area contributed by atoms with Crippen molar-refractivity contribution < 1.29 is 19.5 Å². The summed E-state index contributed by atoms with van der Waals surface area (Å²) in [5.41, 5.74) is 0. The minimum absolute atomic E-state index is 0.0859. The van der Waals surface area contributed by atoms with Crippen LogP contribution in [0.1, 0.15) is 38.5 Å². The zero-order valence-corrected chi connectivity index (χ0v) is 10.2. The summed E-state index contributed by atoms with van der Waals surface area (Å²) in [5.74, 6) is -1.56. The number of carboxylic acids is 1. The fourth-order valence-corrected chi connectivity index (χ4v) is 2.75. The Balaban J connectivity index is 2.16. The van der Waals surface area contributed by atoms with Gasteiger partial charge in [0.15, 0.2) is 0 Å². The Kier molecular flexibility index (Phi) is 3.96. The van der Waals surface area contributed by atoms with Gasteiger partial charge in [-0.25, -0.2) is 0 Å². The van der Waals surface area contributed by atoms with Gasteiger partial charge in [-0.2, -0.15) is 0 Å². The summed E-state index contributed by atoms with van der Waals surface area (Å²) < 4.78 is 0. The standard InChI is InChI=1S/C12H18N2O4/c15-10-7-9(11(16)13-10)14-6-4-2-1-3-5-8(14)12(17)18/h8-9H,1-7H2,(H,17,18)(H,13,15,16). The summed E-state index contributed by atoms with van der Waals surface area (Å²) >= 11 is 0. The Morgan fingerprint density at radius 2 is 1.94 bits per heavy atom. The highest BCUT2D eigenvalue weighted by atomic mass is 16.4. The Labute approximate surface area is 105 Å². The lowest BCUT2D eigenvalue weighted by Gasteiger charge is -2.33. The second kappa shape index (κ2) is 5.48. The Bertz CT molecular complexity index is 369. The van der Waals surface area contributed by atoms with Crippen LogP contribution in [0.2, 0.25) is 0 Å². The molecule has 2 heterocycles. The highest BCUT2D eigenvalue weighted by molar-refractivity contribution is 6.05. The number of amides is 2. The van der Waals surface area contributed by atoms with Crippen LogP contribution in [0, 0.1) is 0 Å². The highest BCUT2D eigenvalue weighted by Gasteiger charge is 2.40. The summed E-state index contributed by atoms with van der Waals surface area (Å²) in [4.78, 5) is 35.9. The molecule has 0 aromatic rings. The molecule has 2 aliphatic heterocycles. The maximum atomic E-state index is 11.7. The molecular weight excluding hydrogens is 236 g/mol. The predicted molar refractivity (Wildman–Crippen MR) is 62.8 cm³/mol. The second-order valence-electron chi connectivity index (χ2n) is 4.93. The molecule has 0 aliphatic carbocycles. The molecule has 2 rings (SSSR count). The molecule has 2 fully saturated rings. The van der Waals surface area contributed by atoms with E-state index in [4.69, 9.17) is 0 Å². The lowest BCUT2D eigenvalue weighted by molar-refractivity contribution is -0.146. The number of rotatable bonds is 2. The van der Waals surface area contributed by atoms with Gasteiger partial charge in [0.05, 0.1) is 12.5 Å². The van der Waals surface area contributed by atoms with Gasteiger partial charge in [0, 0.05) is 0 Å². The smallest absolute Gasteiger partial charge is 0.320 e. The molecule has 2 unspecified atom stereocenters. The van der Waals surface area contributed by atoms with Gasteiger partial charge in [-0.15, -0.1) is 0 Å². The number of nitrogens with one attached hydrogen (secondary N) is 1. The largest absolute Gasteiger partial charge is 0.480 e. The number of imide groups is 1. The molecule has 18 heavy (non-hydrogen) atoms. The van der Waals surface area contributed by atoms with Gasteiger partial charge in [-0.3, -0.25) is 24.6 Å². The number of likely N-dealkylation sites (tertiary alicyclic amines) is 1. The lowest BCUT2D eigenvalue weighted by atomic mass is 9.99. The van der Waals surface area contributed by atoms with Crippen LogP contribution in [0.3, 0.4) is 0 Å². The molecule has 0 aromatic carbocycles. The molecule has 0 radical (unpaired) electrons. The lowest BCUT2D eigenvalue weighted by Crippen LogP contribution is -2.51. The zero-order chi connectivity index (χ0) is 13.1. The molecule has 0 saturated carbocycles. The minimum Gasteiger partial charge on any atom is -0.480 e. The van der Waals surface area contributed by atoms with Gasteiger partial charge in [0.2, 0.25) is 11.8 Å². The van der Waals surface area contributed by atoms with Gasteiger partial charge >= 0.3 is 5.97 Å².